The van der Waals surface area contributed by atoms with Gasteiger partial charge in [0.15, 0.2) is 11.5 Å². The molecule has 0 atom stereocenters. The minimum atomic E-state index is -0.279. The van der Waals surface area contributed by atoms with E-state index < -0.39 is 0 Å². The van der Waals surface area contributed by atoms with E-state index in [1.54, 1.807) is 13.0 Å². The normalized spacial score (nSPS) is 9.87. The SMILES string of the molecule is CCC(=O)Oc1cc(C)nc(C)c1OC. The van der Waals surface area contributed by atoms with Crippen LogP contribution >= 0.6 is 0 Å². The molecular weight excluding hydrogens is 194 g/mol. The van der Waals surface area contributed by atoms with Crippen molar-refractivity contribution in [1.82, 2.24) is 4.98 Å². The lowest BCUT2D eigenvalue weighted by atomic mass is 10.2. The summed E-state index contributed by atoms with van der Waals surface area (Å²) in [4.78, 5) is 15.4. The molecule has 0 saturated carbocycles. The second kappa shape index (κ2) is 4.77. The number of carbonyl (C=O) groups excluding carboxylic acids is 1. The van der Waals surface area contributed by atoms with Crippen molar-refractivity contribution in [1.29, 1.82) is 0 Å². The van der Waals surface area contributed by atoms with E-state index in [1.807, 2.05) is 13.8 Å². The smallest absolute Gasteiger partial charge is 0.311 e. The number of aromatic nitrogens is 1. The molecule has 0 N–H and O–H groups in total. The molecule has 0 spiro atoms. The molecule has 1 aromatic rings. The van der Waals surface area contributed by atoms with Crippen LogP contribution in [-0.2, 0) is 4.79 Å². The van der Waals surface area contributed by atoms with Crippen LogP contribution in [-0.4, -0.2) is 18.1 Å². The fourth-order valence-electron chi connectivity index (χ4n) is 1.30. The molecule has 1 rings (SSSR count). The quantitative estimate of drug-likeness (QED) is 0.714. The molecule has 0 fully saturated rings. The van der Waals surface area contributed by atoms with Crippen LogP contribution in [0.2, 0.25) is 0 Å². The van der Waals surface area contributed by atoms with Crippen LogP contribution in [0.5, 0.6) is 11.5 Å². The number of rotatable bonds is 3. The molecule has 4 nitrogen and oxygen atoms in total. The van der Waals surface area contributed by atoms with Crippen molar-refractivity contribution in [3.8, 4) is 11.5 Å². The maximum atomic E-state index is 11.2. The van der Waals surface area contributed by atoms with E-state index in [4.69, 9.17) is 9.47 Å². The highest BCUT2D eigenvalue weighted by molar-refractivity contribution is 5.73. The first kappa shape index (κ1) is 11.5. The highest BCUT2D eigenvalue weighted by Crippen LogP contribution is 2.30. The number of carbonyl (C=O) groups is 1. The number of ether oxygens (including phenoxy) is 2. The number of nitrogens with zero attached hydrogens (tertiary/aromatic N) is 1. The minimum absolute atomic E-state index is 0.279. The first-order valence-electron chi connectivity index (χ1n) is 4.81. The average molecular weight is 209 g/mol. The Bertz CT molecular complexity index is 374. The maximum Gasteiger partial charge on any atom is 0.311 e. The van der Waals surface area contributed by atoms with Gasteiger partial charge in [0.05, 0.1) is 12.8 Å². The van der Waals surface area contributed by atoms with Crippen LogP contribution in [0.1, 0.15) is 24.7 Å². The maximum absolute atomic E-state index is 11.2. The Hall–Kier alpha value is -1.58. The number of hydrogen-bond acceptors (Lipinski definition) is 4. The van der Waals surface area contributed by atoms with Crippen LogP contribution in [0.3, 0.4) is 0 Å². The predicted molar refractivity (Wildman–Crippen MR) is 56.2 cm³/mol. The molecule has 1 aromatic heterocycles. The molecule has 0 saturated heterocycles. The van der Waals surface area contributed by atoms with E-state index in [0.29, 0.717) is 17.9 Å². The van der Waals surface area contributed by atoms with Crippen molar-refractivity contribution >= 4 is 5.97 Å². The van der Waals surface area contributed by atoms with E-state index in [1.165, 1.54) is 7.11 Å². The average Bonchev–Trinajstić information content (AvgIpc) is 2.17. The fraction of sp³-hybridized carbons (Fsp3) is 0.455. The number of aryl methyl sites for hydroxylation is 2. The van der Waals surface area contributed by atoms with E-state index in [0.717, 1.165) is 11.4 Å². The van der Waals surface area contributed by atoms with Gasteiger partial charge in [-0.25, -0.2) is 0 Å². The second-order valence-electron chi connectivity index (χ2n) is 3.21. The van der Waals surface area contributed by atoms with Gasteiger partial charge in [-0.2, -0.15) is 0 Å². The summed E-state index contributed by atoms with van der Waals surface area (Å²) in [5, 5.41) is 0. The lowest BCUT2D eigenvalue weighted by molar-refractivity contribution is -0.134. The molecule has 15 heavy (non-hydrogen) atoms. The Kier molecular flexibility index (Phi) is 3.66. The van der Waals surface area contributed by atoms with Crippen molar-refractivity contribution in [2.45, 2.75) is 27.2 Å². The Labute approximate surface area is 89.2 Å². The first-order valence-corrected chi connectivity index (χ1v) is 4.81. The largest absolute Gasteiger partial charge is 0.491 e. The lowest BCUT2D eigenvalue weighted by Crippen LogP contribution is -2.08. The lowest BCUT2D eigenvalue weighted by Gasteiger charge is -2.11. The Morgan fingerprint density at radius 1 is 1.47 bits per heavy atom. The topological polar surface area (TPSA) is 48.4 Å². The van der Waals surface area contributed by atoms with Crippen LogP contribution in [0.15, 0.2) is 6.07 Å². The van der Waals surface area contributed by atoms with Gasteiger partial charge in [-0.05, 0) is 13.8 Å². The standard InChI is InChI=1S/C11H15NO3/c1-5-10(13)15-9-6-7(2)12-8(3)11(9)14-4/h6H,5H2,1-4H3. The Balaban J connectivity index is 3.09. The van der Waals surface area contributed by atoms with Gasteiger partial charge in [0.2, 0.25) is 0 Å². The van der Waals surface area contributed by atoms with E-state index in [-0.39, 0.29) is 5.97 Å². The Morgan fingerprint density at radius 2 is 2.13 bits per heavy atom. The third-order valence-electron chi connectivity index (χ3n) is 1.95. The van der Waals surface area contributed by atoms with Crippen molar-refractivity contribution in [2.75, 3.05) is 7.11 Å². The molecule has 0 aromatic carbocycles. The van der Waals surface area contributed by atoms with Crippen LogP contribution in [0.25, 0.3) is 0 Å². The van der Waals surface area contributed by atoms with Gasteiger partial charge in [0.25, 0.3) is 0 Å². The molecule has 0 aliphatic carbocycles. The van der Waals surface area contributed by atoms with Crippen molar-refractivity contribution in [2.24, 2.45) is 0 Å². The van der Waals surface area contributed by atoms with Gasteiger partial charge in [0, 0.05) is 18.2 Å². The summed E-state index contributed by atoms with van der Waals surface area (Å²) in [6.45, 7) is 5.40. The zero-order valence-electron chi connectivity index (χ0n) is 9.46. The first-order chi connectivity index (χ1) is 7.08. The molecule has 4 heteroatoms. The van der Waals surface area contributed by atoms with Gasteiger partial charge < -0.3 is 9.47 Å². The molecule has 82 valence electrons. The monoisotopic (exact) mass is 209 g/mol. The van der Waals surface area contributed by atoms with Crippen LogP contribution in [0.4, 0.5) is 0 Å². The van der Waals surface area contributed by atoms with Gasteiger partial charge in [0.1, 0.15) is 0 Å². The zero-order valence-corrected chi connectivity index (χ0v) is 9.46. The summed E-state index contributed by atoms with van der Waals surface area (Å²) >= 11 is 0. The Morgan fingerprint density at radius 3 is 2.67 bits per heavy atom. The zero-order chi connectivity index (χ0) is 11.4. The van der Waals surface area contributed by atoms with Gasteiger partial charge in [-0.15, -0.1) is 0 Å². The molecule has 0 radical (unpaired) electrons. The summed E-state index contributed by atoms with van der Waals surface area (Å²) in [6, 6.07) is 1.69. The number of esters is 1. The van der Waals surface area contributed by atoms with E-state index in [2.05, 4.69) is 4.98 Å². The van der Waals surface area contributed by atoms with Crippen LogP contribution < -0.4 is 9.47 Å². The van der Waals surface area contributed by atoms with Gasteiger partial charge in [-0.3, -0.25) is 9.78 Å². The third-order valence-corrected chi connectivity index (χ3v) is 1.95. The molecular formula is C11H15NO3. The second-order valence-corrected chi connectivity index (χ2v) is 3.21. The van der Waals surface area contributed by atoms with Gasteiger partial charge in [-0.1, -0.05) is 6.92 Å². The number of methoxy groups -OCH3 is 1. The number of pyridine rings is 1. The summed E-state index contributed by atoms with van der Waals surface area (Å²) in [5.41, 5.74) is 1.52. The summed E-state index contributed by atoms with van der Waals surface area (Å²) in [7, 11) is 1.53. The van der Waals surface area contributed by atoms with Crippen molar-refractivity contribution in [3.05, 3.63) is 17.5 Å². The summed E-state index contributed by atoms with van der Waals surface area (Å²) in [5.74, 6) is 0.676. The summed E-state index contributed by atoms with van der Waals surface area (Å²) < 4.78 is 10.3. The predicted octanol–water partition coefficient (Wildman–Crippen LogP) is 2.02. The van der Waals surface area contributed by atoms with E-state index >= 15 is 0 Å². The molecule has 0 unspecified atom stereocenters. The third kappa shape index (κ3) is 2.68. The highest BCUT2D eigenvalue weighted by Gasteiger charge is 2.12. The molecule has 0 aliphatic heterocycles. The fourth-order valence-corrected chi connectivity index (χ4v) is 1.30. The molecule has 0 aliphatic rings. The molecule has 0 amide bonds. The van der Waals surface area contributed by atoms with Crippen molar-refractivity contribution in [3.63, 3.8) is 0 Å². The number of hydrogen-bond donors (Lipinski definition) is 0. The van der Waals surface area contributed by atoms with Crippen LogP contribution in [0, 0.1) is 13.8 Å². The molecule has 0 bridgehead atoms. The molecule has 1 heterocycles. The summed E-state index contributed by atoms with van der Waals surface area (Å²) in [6.07, 6.45) is 0.337. The van der Waals surface area contributed by atoms with Crippen molar-refractivity contribution < 1.29 is 14.3 Å². The minimum Gasteiger partial charge on any atom is -0.491 e. The van der Waals surface area contributed by atoms with E-state index in [9.17, 15) is 4.79 Å². The van der Waals surface area contributed by atoms with Gasteiger partial charge >= 0.3 is 5.97 Å². The highest BCUT2D eigenvalue weighted by atomic mass is 16.6.